The Bertz CT molecular complexity index is 313. The second-order valence-corrected chi connectivity index (χ2v) is 3.94. The first-order valence-corrected chi connectivity index (χ1v) is 4.87. The van der Waals surface area contributed by atoms with Gasteiger partial charge in [0.25, 0.3) is 0 Å². The van der Waals surface area contributed by atoms with Gasteiger partial charge >= 0.3 is 0 Å². The van der Waals surface area contributed by atoms with Crippen LogP contribution >= 0.6 is 0 Å². The van der Waals surface area contributed by atoms with Gasteiger partial charge < -0.3 is 9.84 Å². The van der Waals surface area contributed by atoms with Crippen LogP contribution in [0.3, 0.4) is 0 Å². The van der Waals surface area contributed by atoms with Gasteiger partial charge in [-0.15, -0.1) is 0 Å². The zero-order chi connectivity index (χ0) is 10.1. The fourth-order valence-corrected chi connectivity index (χ4v) is 1.50. The average molecular weight is 199 g/mol. The number of nitrogens with zero attached hydrogens (tertiary/aromatic N) is 2. The van der Waals surface area contributed by atoms with E-state index in [1.165, 1.54) is 0 Å². The second kappa shape index (κ2) is 3.65. The van der Waals surface area contributed by atoms with Crippen molar-refractivity contribution in [3.63, 3.8) is 0 Å². The molecule has 1 saturated heterocycles. The van der Waals surface area contributed by atoms with Crippen LogP contribution in [0.25, 0.3) is 0 Å². The van der Waals surface area contributed by atoms with E-state index in [9.17, 15) is 4.39 Å². The van der Waals surface area contributed by atoms with Gasteiger partial charge in [-0.25, -0.2) is 4.39 Å². The highest BCUT2D eigenvalue weighted by atomic mass is 19.1. The molecule has 78 valence electrons. The number of rotatable bonds is 2. The molecule has 0 unspecified atom stereocenters. The van der Waals surface area contributed by atoms with E-state index in [0.717, 1.165) is 0 Å². The minimum atomic E-state index is -0.797. The summed E-state index contributed by atoms with van der Waals surface area (Å²) in [5.74, 6) is 1.44. The van der Waals surface area contributed by atoms with Crippen LogP contribution in [0.15, 0.2) is 4.52 Å². The summed E-state index contributed by atoms with van der Waals surface area (Å²) in [6, 6.07) is -0.106. The summed E-state index contributed by atoms with van der Waals surface area (Å²) in [5, 5.41) is 6.84. The summed E-state index contributed by atoms with van der Waals surface area (Å²) in [4.78, 5) is 4.22. The lowest BCUT2D eigenvalue weighted by Gasteiger charge is -2.01. The molecule has 0 amide bonds. The van der Waals surface area contributed by atoms with Crippen LogP contribution in [-0.4, -0.2) is 22.9 Å². The maximum atomic E-state index is 12.9. The molecule has 0 spiro atoms. The van der Waals surface area contributed by atoms with Crippen molar-refractivity contribution in [2.45, 2.75) is 38.4 Å². The summed E-state index contributed by atoms with van der Waals surface area (Å²) < 4.78 is 17.9. The van der Waals surface area contributed by atoms with Crippen LogP contribution in [0.5, 0.6) is 0 Å². The summed E-state index contributed by atoms with van der Waals surface area (Å²) >= 11 is 0. The highest BCUT2D eigenvalue weighted by molar-refractivity contribution is 4.99. The number of hydrogen-bond donors (Lipinski definition) is 1. The average Bonchev–Trinajstić information content (AvgIpc) is 2.70. The van der Waals surface area contributed by atoms with Gasteiger partial charge in [-0.2, -0.15) is 4.98 Å². The Morgan fingerprint density at radius 1 is 1.57 bits per heavy atom. The Morgan fingerprint density at radius 3 is 2.86 bits per heavy atom. The maximum Gasteiger partial charge on any atom is 0.243 e. The Labute approximate surface area is 81.9 Å². The first kappa shape index (κ1) is 9.58. The predicted octanol–water partition coefficient (Wildman–Crippen LogP) is 1.57. The van der Waals surface area contributed by atoms with Crippen LogP contribution in [0.4, 0.5) is 4.39 Å². The van der Waals surface area contributed by atoms with E-state index in [-0.39, 0.29) is 12.0 Å². The summed E-state index contributed by atoms with van der Waals surface area (Å²) in [6.07, 6.45) is -0.367. The number of aromatic nitrogens is 2. The van der Waals surface area contributed by atoms with Gasteiger partial charge in [-0.1, -0.05) is 19.0 Å². The summed E-state index contributed by atoms with van der Waals surface area (Å²) in [5.41, 5.74) is 0. The largest absolute Gasteiger partial charge is 0.338 e. The van der Waals surface area contributed by atoms with Crippen molar-refractivity contribution in [1.82, 2.24) is 15.5 Å². The molecule has 0 aromatic carbocycles. The van der Waals surface area contributed by atoms with E-state index in [4.69, 9.17) is 4.52 Å². The zero-order valence-electron chi connectivity index (χ0n) is 8.33. The normalized spacial score (nSPS) is 27.4. The summed E-state index contributed by atoms with van der Waals surface area (Å²) in [6.45, 7) is 4.37. The lowest BCUT2D eigenvalue weighted by molar-refractivity contribution is 0.322. The van der Waals surface area contributed by atoms with Gasteiger partial charge in [0, 0.05) is 18.9 Å². The molecule has 0 radical (unpaired) electrons. The molecule has 5 heteroatoms. The Morgan fingerprint density at radius 2 is 2.36 bits per heavy atom. The third-order valence-electron chi connectivity index (χ3n) is 2.35. The SMILES string of the molecule is CC(C)c1noc([C@@H]2C[C@@H](F)CN2)n1. The van der Waals surface area contributed by atoms with E-state index in [1.54, 1.807) is 0 Å². The Kier molecular flexibility index (Phi) is 2.50. The molecule has 2 atom stereocenters. The van der Waals surface area contributed by atoms with Gasteiger partial charge in [0.1, 0.15) is 6.17 Å². The number of alkyl halides is 1. The van der Waals surface area contributed by atoms with Gasteiger partial charge in [-0.05, 0) is 0 Å². The van der Waals surface area contributed by atoms with E-state index in [0.29, 0.717) is 24.7 Å². The molecule has 0 bridgehead atoms. The van der Waals surface area contributed by atoms with Crippen molar-refractivity contribution in [3.8, 4) is 0 Å². The van der Waals surface area contributed by atoms with Gasteiger partial charge in [0.2, 0.25) is 5.89 Å². The molecule has 2 heterocycles. The van der Waals surface area contributed by atoms with E-state index < -0.39 is 6.17 Å². The van der Waals surface area contributed by atoms with Crippen LogP contribution < -0.4 is 5.32 Å². The lowest BCUT2D eigenvalue weighted by atomic mass is 10.2. The molecule has 1 N–H and O–H groups in total. The van der Waals surface area contributed by atoms with Crippen LogP contribution in [0.2, 0.25) is 0 Å². The highest BCUT2D eigenvalue weighted by Crippen LogP contribution is 2.24. The molecule has 0 aliphatic carbocycles. The monoisotopic (exact) mass is 199 g/mol. The molecule has 14 heavy (non-hydrogen) atoms. The second-order valence-electron chi connectivity index (χ2n) is 3.94. The molecule has 4 nitrogen and oxygen atoms in total. The molecule has 1 aromatic rings. The quantitative estimate of drug-likeness (QED) is 0.785. The third kappa shape index (κ3) is 1.77. The maximum absolute atomic E-state index is 12.9. The van der Waals surface area contributed by atoms with Gasteiger partial charge in [-0.3, -0.25) is 0 Å². The number of halogens is 1. The number of nitrogens with one attached hydrogen (secondary N) is 1. The minimum Gasteiger partial charge on any atom is -0.338 e. The highest BCUT2D eigenvalue weighted by Gasteiger charge is 2.29. The van der Waals surface area contributed by atoms with Crippen molar-refractivity contribution in [2.24, 2.45) is 0 Å². The smallest absolute Gasteiger partial charge is 0.243 e. The van der Waals surface area contributed by atoms with Crippen LogP contribution in [-0.2, 0) is 0 Å². The molecule has 0 saturated carbocycles. The molecule has 1 aliphatic rings. The van der Waals surface area contributed by atoms with Crippen molar-refractivity contribution in [3.05, 3.63) is 11.7 Å². The molecule has 2 rings (SSSR count). The topological polar surface area (TPSA) is 51.0 Å². The van der Waals surface area contributed by atoms with E-state index >= 15 is 0 Å². The molecule has 1 aliphatic heterocycles. The predicted molar refractivity (Wildman–Crippen MR) is 48.6 cm³/mol. The van der Waals surface area contributed by atoms with Crippen LogP contribution in [0, 0.1) is 0 Å². The van der Waals surface area contributed by atoms with E-state index in [2.05, 4.69) is 15.5 Å². The fraction of sp³-hybridized carbons (Fsp3) is 0.778. The van der Waals surface area contributed by atoms with Crippen molar-refractivity contribution in [2.75, 3.05) is 6.54 Å². The fourth-order valence-electron chi connectivity index (χ4n) is 1.50. The first-order chi connectivity index (χ1) is 6.66. The Hall–Kier alpha value is -0.970. The standard InChI is InChI=1S/C9H14FN3O/c1-5(2)8-12-9(14-13-8)7-3-6(10)4-11-7/h5-7,11H,3-4H2,1-2H3/t6-,7+/m1/s1. The Balaban J connectivity index is 2.09. The van der Waals surface area contributed by atoms with Crippen LogP contribution in [0.1, 0.15) is 43.9 Å². The van der Waals surface area contributed by atoms with Gasteiger partial charge in [0.05, 0.1) is 6.04 Å². The van der Waals surface area contributed by atoms with Crippen molar-refractivity contribution < 1.29 is 8.91 Å². The van der Waals surface area contributed by atoms with Crippen molar-refractivity contribution >= 4 is 0 Å². The minimum absolute atomic E-state index is 0.106. The molecule has 1 fully saturated rings. The first-order valence-electron chi connectivity index (χ1n) is 4.87. The lowest BCUT2D eigenvalue weighted by Crippen LogP contribution is -2.14. The molecule has 1 aromatic heterocycles. The zero-order valence-corrected chi connectivity index (χ0v) is 8.33. The van der Waals surface area contributed by atoms with E-state index in [1.807, 2.05) is 13.8 Å². The summed E-state index contributed by atoms with van der Waals surface area (Å²) in [7, 11) is 0. The number of hydrogen-bond acceptors (Lipinski definition) is 4. The third-order valence-corrected chi connectivity index (χ3v) is 2.35. The molecular weight excluding hydrogens is 185 g/mol. The van der Waals surface area contributed by atoms with Gasteiger partial charge in [0.15, 0.2) is 5.82 Å². The molecular formula is C9H14FN3O. The van der Waals surface area contributed by atoms with Crippen molar-refractivity contribution in [1.29, 1.82) is 0 Å².